The van der Waals surface area contributed by atoms with E-state index < -0.39 is 6.09 Å². The number of halogens is 3. The van der Waals surface area contributed by atoms with Gasteiger partial charge in [-0.3, -0.25) is 5.32 Å². The summed E-state index contributed by atoms with van der Waals surface area (Å²) in [6.45, 7) is 0.271. The highest BCUT2D eigenvalue weighted by atomic mass is 35.5. The monoisotopic (exact) mass is 281 g/mol. The molecule has 1 amide bonds. The maximum atomic E-state index is 11.3. The zero-order chi connectivity index (χ0) is 12.0. The predicted octanol–water partition coefficient (Wildman–Crippen LogP) is 4.17. The minimum atomic E-state index is -0.575. The molecule has 0 aliphatic heterocycles. The van der Waals surface area contributed by atoms with Gasteiger partial charge in [0.25, 0.3) is 0 Å². The lowest BCUT2D eigenvalue weighted by molar-refractivity contribution is 0.162. The Balaban J connectivity index is 2.52. The first-order valence-corrected chi connectivity index (χ1v) is 5.87. The van der Waals surface area contributed by atoms with Gasteiger partial charge in [-0.2, -0.15) is 0 Å². The van der Waals surface area contributed by atoms with Crippen molar-refractivity contribution in [2.75, 3.05) is 17.8 Å². The highest BCUT2D eigenvalue weighted by Crippen LogP contribution is 2.25. The molecule has 0 aromatic heterocycles. The molecule has 0 bridgehead atoms. The summed E-state index contributed by atoms with van der Waals surface area (Å²) in [5, 5.41) is 3.38. The number of carbonyl (C=O) groups excluding carboxylic acids is 1. The second-order valence-corrected chi connectivity index (χ2v) is 4.15. The van der Waals surface area contributed by atoms with Gasteiger partial charge in [0.15, 0.2) is 0 Å². The summed E-state index contributed by atoms with van der Waals surface area (Å²) in [6, 6.07) is 4.78. The lowest BCUT2D eigenvalue weighted by atomic mass is 10.3. The molecule has 0 fully saturated rings. The molecule has 3 nitrogen and oxygen atoms in total. The molecule has 0 radical (unpaired) electrons. The van der Waals surface area contributed by atoms with Crippen LogP contribution < -0.4 is 5.32 Å². The van der Waals surface area contributed by atoms with Crippen LogP contribution in [0.25, 0.3) is 0 Å². The van der Waals surface area contributed by atoms with Crippen LogP contribution in [-0.4, -0.2) is 18.6 Å². The third-order valence-corrected chi connectivity index (χ3v) is 2.51. The molecular formula is C10H10Cl3NO2. The lowest BCUT2D eigenvalue weighted by Crippen LogP contribution is -2.14. The van der Waals surface area contributed by atoms with Crippen molar-refractivity contribution < 1.29 is 9.53 Å². The summed E-state index contributed by atoms with van der Waals surface area (Å²) >= 11 is 17.1. The van der Waals surface area contributed by atoms with Crippen LogP contribution >= 0.6 is 34.8 Å². The van der Waals surface area contributed by atoms with E-state index in [1.54, 1.807) is 18.2 Å². The second kappa shape index (κ2) is 6.84. The van der Waals surface area contributed by atoms with Crippen molar-refractivity contribution in [3.05, 3.63) is 28.2 Å². The van der Waals surface area contributed by atoms with Crippen LogP contribution in [0.2, 0.25) is 10.0 Å². The van der Waals surface area contributed by atoms with E-state index in [2.05, 4.69) is 5.32 Å². The fourth-order valence-electron chi connectivity index (χ4n) is 0.959. The van der Waals surface area contributed by atoms with Gasteiger partial charge in [-0.15, -0.1) is 11.6 Å². The van der Waals surface area contributed by atoms with Crippen molar-refractivity contribution >= 4 is 46.6 Å². The molecule has 0 spiro atoms. The van der Waals surface area contributed by atoms with Crippen molar-refractivity contribution in [2.45, 2.75) is 6.42 Å². The van der Waals surface area contributed by atoms with Crippen molar-refractivity contribution in [3.63, 3.8) is 0 Å². The molecule has 0 atom stereocenters. The highest BCUT2D eigenvalue weighted by Gasteiger charge is 2.06. The average molecular weight is 283 g/mol. The summed E-state index contributed by atoms with van der Waals surface area (Å²) in [5.41, 5.74) is 0.421. The SMILES string of the molecule is O=C(Nc1cc(Cl)ccc1Cl)OCCCCl. The first-order chi connectivity index (χ1) is 7.63. The normalized spacial score (nSPS) is 9.94. The van der Waals surface area contributed by atoms with Crippen LogP contribution in [0.1, 0.15) is 6.42 Å². The lowest BCUT2D eigenvalue weighted by Gasteiger charge is -2.08. The molecule has 0 saturated carbocycles. The van der Waals surface area contributed by atoms with Gasteiger partial charge in [-0.1, -0.05) is 23.2 Å². The van der Waals surface area contributed by atoms with Gasteiger partial charge < -0.3 is 4.74 Å². The number of anilines is 1. The Labute approximate surface area is 109 Å². The Morgan fingerprint density at radius 2 is 2.12 bits per heavy atom. The molecule has 6 heteroatoms. The number of nitrogens with one attached hydrogen (secondary N) is 1. The van der Waals surface area contributed by atoms with Gasteiger partial charge in [0.05, 0.1) is 17.3 Å². The summed E-state index contributed by atoms with van der Waals surface area (Å²) in [4.78, 5) is 11.3. The Bertz CT molecular complexity index is 371. The number of hydrogen-bond donors (Lipinski definition) is 1. The molecule has 0 aliphatic carbocycles. The first-order valence-electron chi connectivity index (χ1n) is 4.58. The highest BCUT2D eigenvalue weighted by molar-refractivity contribution is 6.35. The van der Waals surface area contributed by atoms with Crippen LogP contribution in [0, 0.1) is 0 Å². The Morgan fingerprint density at radius 1 is 1.38 bits per heavy atom. The second-order valence-electron chi connectivity index (χ2n) is 2.93. The summed E-state index contributed by atoms with van der Waals surface area (Å²) in [5.74, 6) is 0.450. The number of alkyl halides is 1. The van der Waals surface area contributed by atoms with E-state index in [0.717, 1.165) is 0 Å². The molecular weight excluding hydrogens is 272 g/mol. The van der Waals surface area contributed by atoms with Crippen LogP contribution in [0.5, 0.6) is 0 Å². The van der Waals surface area contributed by atoms with E-state index >= 15 is 0 Å². The number of hydrogen-bond acceptors (Lipinski definition) is 2. The summed E-state index contributed by atoms with van der Waals surface area (Å²) in [7, 11) is 0. The minimum absolute atomic E-state index is 0.271. The molecule has 1 N–H and O–H groups in total. The fraction of sp³-hybridized carbons (Fsp3) is 0.300. The van der Waals surface area contributed by atoms with Crippen molar-refractivity contribution in [2.24, 2.45) is 0 Å². The van der Waals surface area contributed by atoms with Gasteiger partial charge in [-0.05, 0) is 24.6 Å². The zero-order valence-electron chi connectivity index (χ0n) is 8.30. The fourth-order valence-corrected chi connectivity index (χ4v) is 1.40. The number of carbonyl (C=O) groups is 1. The number of amides is 1. The maximum Gasteiger partial charge on any atom is 0.411 e. The molecule has 1 rings (SSSR count). The minimum Gasteiger partial charge on any atom is -0.449 e. The largest absolute Gasteiger partial charge is 0.449 e. The topological polar surface area (TPSA) is 38.3 Å². The van der Waals surface area contributed by atoms with E-state index in [1.807, 2.05) is 0 Å². The molecule has 0 heterocycles. The van der Waals surface area contributed by atoms with E-state index in [9.17, 15) is 4.79 Å². The van der Waals surface area contributed by atoms with Crippen molar-refractivity contribution in [3.8, 4) is 0 Å². The number of rotatable bonds is 4. The molecule has 16 heavy (non-hydrogen) atoms. The molecule has 88 valence electrons. The van der Waals surface area contributed by atoms with Crippen LogP contribution in [0.3, 0.4) is 0 Å². The van der Waals surface area contributed by atoms with E-state index in [4.69, 9.17) is 39.5 Å². The van der Waals surface area contributed by atoms with Crippen molar-refractivity contribution in [1.82, 2.24) is 0 Å². The molecule has 0 unspecified atom stereocenters. The quantitative estimate of drug-likeness (QED) is 0.665. The Morgan fingerprint density at radius 3 is 2.81 bits per heavy atom. The smallest absolute Gasteiger partial charge is 0.411 e. The van der Waals surface area contributed by atoms with Gasteiger partial charge in [0, 0.05) is 10.9 Å². The van der Waals surface area contributed by atoms with Gasteiger partial charge in [0.2, 0.25) is 0 Å². The van der Waals surface area contributed by atoms with Crippen LogP contribution in [-0.2, 0) is 4.74 Å². The molecule has 1 aromatic carbocycles. The van der Waals surface area contributed by atoms with Crippen LogP contribution in [0.15, 0.2) is 18.2 Å². The first kappa shape index (κ1) is 13.4. The van der Waals surface area contributed by atoms with E-state index in [0.29, 0.717) is 28.0 Å². The molecule has 0 saturated heterocycles. The number of ether oxygens (including phenoxy) is 1. The molecule has 0 aliphatic rings. The van der Waals surface area contributed by atoms with Gasteiger partial charge in [-0.25, -0.2) is 4.79 Å². The van der Waals surface area contributed by atoms with E-state index in [-0.39, 0.29) is 6.61 Å². The zero-order valence-corrected chi connectivity index (χ0v) is 10.6. The summed E-state index contributed by atoms with van der Waals surface area (Å²) < 4.78 is 4.85. The Kier molecular flexibility index (Phi) is 5.74. The van der Waals surface area contributed by atoms with Gasteiger partial charge >= 0.3 is 6.09 Å². The third kappa shape index (κ3) is 4.47. The van der Waals surface area contributed by atoms with Crippen LogP contribution in [0.4, 0.5) is 10.5 Å². The van der Waals surface area contributed by atoms with E-state index in [1.165, 1.54) is 0 Å². The van der Waals surface area contributed by atoms with Crippen molar-refractivity contribution in [1.29, 1.82) is 0 Å². The standard InChI is InChI=1S/C10H10Cl3NO2/c11-4-1-5-16-10(15)14-9-6-7(12)2-3-8(9)13/h2-3,6H,1,4-5H2,(H,14,15). The molecule has 1 aromatic rings. The average Bonchev–Trinajstić information content (AvgIpc) is 2.24. The predicted molar refractivity (Wildman–Crippen MR) is 66.8 cm³/mol. The third-order valence-electron chi connectivity index (χ3n) is 1.68. The summed E-state index contributed by atoms with van der Waals surface area (Å²) in [6.07, 6.45) is 0.0346. The maximum absolute atomic E-state index is 11.3. The Hall–Kier alpha value is -0.640. The van der Waals surface area contributed by atoms with Gasteiger partial charge in [0.1, 0.15) is 0 Å². The number of benzene rings is 1.